The van der Waals surface area contributed by atoms with Gasteiger partial charge < -0.3 is 0 Å². The van der Waals surface area contributed by atoms with Crippen LogP contribution >= 0.6 is 0 Å². The normalized spacial score (nSPS) is 16.9. The molecule has 3 heterocycles. The van der Waals surface area contributed by atoms with E-state index in [1.54, 1.807) is 10.7 Å². The number of hydrogen-bond donors (Lipinski definition) is 0. The molecule has 1 aliphatic rings. The number of piperazine rings is 1. The van der Waals surface area contributed by atoms with Crippen molar-refractivity contribution in [3.63, 3.8) is 0 Å². The predicted molar refractivity (Wildman–Crippen MR) is 97.9 cm³/mol. The molecular weight excluding hydrogens is 332 g/mol. The fourth-order valence-electron chi connectivity index (χ4n) is 3.02. The van der Waals surface area contributed by atoms with E-state index in [2.05, 4.69) is 46.0 Å². The van der Waals surface area contributed by atoms with Crippen LogP contribution < -0.4 is 5.56 Å². The van der Waals surface area contributed by atoms with Crippen molar-refractivity contribution in [2.24, 2.45) is 0 Å². The van der Waals surface area contributed by atoms with Crippen LogP contribution in [0.1, 0.15) is 37.9 Å². The topological polar surface area (TPSA) is 80.3 Å². The van der Waals surface area contributed by atoms with Gasteiger partial charge >= 0.3 is 0 Å². The molecule has 8 nitrogen and oxygen atoms in total. The Balaban J connectivity index is 1.51. The van der Waals surface area contributed by atoms with Gasteiger partial charge in [-0.1, -0.05) is 31.1 Å². The molecule has 0 unspecified atom stereocenters. The molecule has 0 bridgehead atoms. The van der Waals surface area contributed by atoms with Gasteiger partial charge in [0.2, 0.25) is 0 Å². The molecule has 0 spiro atoms. The van der Waals surface area contributed by atoms with E-state index in [1.807, 2.05) is 13.0 Å². The number of aromatic nitrogens is 4. The number of rotatable bonds is 5. The van der Waals surface area contributed by atoms with Gasteiger partial charge in [-0.15, -0.1) is 0 Å². The van der Waals surface area contributed by atoms with Crippen LogP contribution in [-0.2, 0) is 18.5 Å². The van der Waals surface area contributed by atoms with Crippen LogP contribution in [0.4, 0.5) is 0 Å². The molecule has 0 radical (unpaired) electrons. The Hall–Kier alpha value is -2.06. The molecule has 0 saturated carbocycles. The van der Waals surface area contributed by atoms with Gasteiger partial charge in [-0.05, 0) is 13.0 Å². The fraction of sp³-hybridized carbons (Fsp3) is 0.667. The monoisotopic (exact) mass is 360 g/mol. The van der Waals surface area contributed by atoms with Gasteiger partial charge in [-0.3, -0.25) is 14.6 Å². The van der Waals surface area contributed by atoms with Crippen LogP contribution in [0.2, 0.25) is 0 Å². The molecule has 3 rings (SSSR count). The summed E-state index contributed by atoms with van der Waals surface area (Å²) in [4.78, 5) is 16.8. The molecule has 0 aliphatic carbocycles. The zero-order chi connectivity index (χ0) is 18.7. The molecule has 1 aliphatic heterocycles. The standard InChI is InChI=1S/C18H28N6O2/c1-14-15(21-26-20-14)13-23-9-7-22(8-10-23)11-12-24-17(25)6-5-16(19-24)18(2,3)4/h5-6H,7-13H2,1-4H3. The van der Waals surface area contributed by atoms with Crippen LogP contribution in [-0.4, -0.2) is 62.6 Å². The molecule has 0 N–H and O–H groups in total. The van der Waals surface area contributed by atoms with Crippen molar-refractivity contribution >= 4 is 0 Å². The maximum absolute atomic E-state index is 12.1. The Labute approximate surface area is 153 Å². The minimum atomic E-state index is -0.0603. The summed E-state index contributed by atoms with van der Waals surface area (Å²) in [5, 5.41) is 12.3. The summed E-state index contributed by atoms with van der Waals surface area (Å²) in [6.07, 6.45) is 0. The highest BCUT2D eigenvalue weighted by atomic mass is 16.6. The maximum atomic E-state index is 12.1. The van der Waals surface area contributed by atoms with Gasteiger partial charge in [0.25, 0.3) is 5.56 Å². The van der Waals surface area contributed by atoms with Gasteiger partial charge in [0, 0.05) is 50.7 Å². The lowest BCUT2D eigenvalue weighted by Gasteiger charge is -2.34. The van der Waals surface area contributed by atoms with E-state index in [9.17, 15) is 4.79 Å². The fourth-order valence-corrected chi connectivity index (χ4v) is 3.02. The minimum Gasteiger partial charge on any atom is -0.299 e. The molecule has 8 heteroatoms. The molecule has 0 atom stereocenters. The Bertz CT molecular complexity index is 783. The lowest BCUT2D eigenvalue weighted by atomic mass is 9.92. The van der Waals surface area contributed by atoms with Gasteiger partial charge in [0.1, 0.15) is 11.4 Å². The summed E-state index contributed by atoms with van der Waals surface area (Å²) >= 11 is 0. The second-order valence-electron chi connectivity index (χ2n) is 7.94. The lowest BCUT2D eigenvalue weighted by molar-refractivity contribution is 0.120. The molecule has 2 aromatic heterocycles. The quantitative estimate of drug-likeness (QED) is 0.788. The summed E-state index contributed by atoms with van der Waals surface area (Å²) < 4.78 is 6.36. The first kappa shape index (κ1) is 18.7. The molecule has 26 heavy (non-hydrogen) atoms. The molecule has 1 saturated heterocycles. The van der Waals surface area contributed by atoms with Crippen molar-refractivity contribution in [1.82, 2.24) is 29.9 Å². The highest BCUT2D eigenvalue weighted by Gasteiger charge is 2.20. The Kier molecular flexibility index (Phi) is 5.52. The van der Waals surface area contributed by atoms with Crippen LogP contribution in [0.25, 0.3) is 0 Å². The average molecular weight is 360 g/mol. The average Bonchev–Trinajstić information content (AvgIpc) is 2.99. The van der Waals surface area contributed by atoms with Crippen LogP contribution in [0.5, 0.6) is 0 Å². The van der Waals surface area contributed by atoms with E-state index in [1.165, 1.54) is 0 Å². The minimum absolute atomic E-state index is 0.0364. The second kappa shape index (κ2) is 7.67. The second-order valence-corrected chi connectivity index (χ2v) is 7.94. The summed E-state index contributed by atoms with van der Waals surface area (Å²) in [6, 6.07) is 3.46. The zero-order valence-electron chi connectivity index (χ0n) is 16.1. The van der Waals surface area contributed by atoms with Crippen molar-refractivity contribution in [1.29, 1.82) is 0 Å². The van der Waals surface area contributed by atoms with Crippen molar-refractivity contribution in [3.8, 4) is 0 Å². The molecule has 1 fully saturated rings. The third kappa shape index (κ3) is 4.56. The first-order valence-corrected chi connectivity index (χ1v) is 9.14. The summed E-state index contributed by atoms with van der Waals surface area (Å²) in [7, 11) is 0. The van der Waals surface area contributed by atoms with Crippen molar-refractivity contribution in [3.05, 3.63) is 39.6 Å². The molecule has 2 aromatic rings. The highest BCUT2D eigenvalue weighted by Crippen LogP contribution is 2.18. The maximum Gasteiger partial charge on any atom is 0.266 e. The summed E-state index contributed by atoms with van der Waals surface area (Å²) in [5.41, 5.74) is 2.61. The van der Waals surface area contributed by atoms with Crippen molar-refractivity contribution in [2.75, 3.05) is 32.7 Å². The van der Waals surface area contributed by atoms with Gasteiger partial charge in [-0.2, -0.15) is 5.10 Å². The van der Waals surface area contributed by atoms with Gasteiger partial charge in [0.05, 0.1) is 12.2 Å². The number of aryl methyl sites for hydroxylation is 1. The third-order valence-electron chi connectivity index (χ3n) is 4.85. The van der Waals surface area contributed by atoms with E-state index in [-0.39, 0.29) is 11.0 Å². The van der Waals surface area contributed by atoms with Crippen LogP contribution in [0.15, 0.2) is 21.6 Å². The first-order chi connectivity index (χ1) is 12.3. The van der Waals surface area contributed by atoms with Crippen LogP contribution in [0, 0.1) is 6.92 Å². The van der Waals surface area contributed by atoms with Gasteiger partial charge in [0.15, 0.2) is 0 Å². The van der Waals surface area contributed by atoms with E-state index in [0.29, 0.717) is 6.54 Å². The Morgan fingerprint density at radius 3 is 2.35 bits per heavy atom. The Morgan fingerprint density at radius 2 is 1.73 bits per heavy atom. The predicted octanol–water partition coefficient (Wildman–Crippen LogP) is 1.05. The van der Waals surface area contributed by atoms with E-state index >= 15 is 0 Å². The summed E-state index contributed by atoms with van der Waals surface area (Å²) in [6.45, 7) is 14.3. The van der Waals surface area contributed by atoms with E-state index in [4.69, 9.17) is 4.63 Å². The molecule has 0 amide bonds. The lowest BCUT2D eigenvalue weighted by Crippen LogP contribution is -2.47. The highest BCUT2D eigenvalue weighted by molar-refractivity contribution is 5.10. The Morgan fingerprint density at radius 1 is 1.04 bits per heavy atom. The van der Waals surface area contributed by atoms with E-state index in [0.717, 1.165) is 56.4 Å². The first-order valence-electron chi connectivity index (χ1n) is 9.14. The summed E-state index contributed by atoms with van der Waals surface area (Å²) in [5.74, 6) is 0. The number of hydrogen-bond acceptors (Lipinski definition) is 7. The van der Waals surface area contributed by atoms with E-state index < -0.39 is 0 Å². The smallest absolute Gasteiger partial charge is 0.266 e. The zero-order valence-corrected chi connectivity index (χ0v) is 16.1. The number of nitrogens with zero attached hydrogens (tertiary/aromatic N) is 6. The molecule has 0 aromatic carbocycles. The van der Waals surface area contributed by atoms with Crippen molar-refractivity contribution in [2.45, 2.75) is 46.2 Å². The van der Waals surface area contributed by atoms with Crippen LogP contribution in [0.3, 0.4) is 0 Å². The molecule has 142 valence electrons. The van der Waals surface area contributed by atoms with Gasteiger partial charge in [-0.25, -0.2) is 9.31 Å². The van der Waals surface area contributed by atoms with Crippen molar-refractivity contribution < 1.29 is 4.63 Å². The SMILES string of the molecule is Cc1nonc1CN1CCN(CCn2nc(C(C)(C)C)ccc2=O)CC1. The molecular formula is C18H28N6O2. The largest absolute Gasteiger partial charge is 0.299 e. The third-order valence-corrected chi connectivity index (χ3v) is 4.85.